The summed E-state index contributed by atoms with van der Waals surface area (Å²) in [4.78, 5) is 156. The molecule has 38 heteroatoms. The number of nitrogens with one attached hydrogen (secondary N) is 6. The van der Waals surface area contributed by atoms with Crippen LogP contribution in [0.2, 0.25) is 0 Å². The number of anilines is 4. The smallest absolute Gasteiger partial charge is 0.283 e. The third-order valence-electron chi connectivity index (χ3n) is 26.4. The Morgan fingerprint density at radius 1 is 0.418 bits per heavy atom. The van der Waals surface area contributed by atoms with Crippen LogP contribution in [0.25, 0.3) is 41.8 Å². The molecule has 724 valence electrons. The molecular formula is C96H132N20O13S5. The first-order valence-electron chi connectivity index (χ1n) is 47.4. The fourth-order valence-corrected chi connectivity index (χ4v) is 22.4. The molecule has 0 unspecified atom stereocenters. The molecule has 9 atom stereocenters. The number of hydrogen-bond donors (Lipinski definition) is 7. The minimum atomic E-state index is -3.20. The predicted octanol–water partition coefficient (Wildman–Crippen LogP) is 14.5. The van der Waals surface area contributed by atoms with E-state index in [1.165, 1.54) is 56.5 Å². The summed E-state index contributed by atoms with van der Waals surface area (Å²) in [5.41, 5.74) is 8.40. The van der Waals surface area contributed by atoms with Gasteiger partial charge in [-0.3, -0.25) is 38.4 Å². The number of aliphatic hydroxyl groups is 1. The van der Waals surface area contributed by atoms with Crippen LogP contribution in [-0.2, 0) is 19.3 Å². The summed E-state index contributed by atoms with van der Waals surface area (Å²) in [5, 5.41) is 29.7. The van der Waals surface area contributed by atoms with Gasteiger partial charge in [0.15, 0.2) is 29.9 Å². The number of aryl methyl sites for hydroxylation is 4. The van der Waals surface area contributed by atoms with Crippen molar-refractivity contribution in [1.82, 2.24) is 79.9 Å². The van der Waals surface area contributed by atoms with E-state index in [1.54, 1.807) is 29.7 Å². The average molecular weight is 1930 g/mol. The van der Waals surface area contributed by atoms with E-state index in [0.29, 0.717) is 113 Å². The maximum Gasteiger partial charge on any atom is 0.283 e. The van der Waals surface area contributed by atoms with Crippen molar-refractivity contribution in [2.45, 2.75) is 279 Å². The quantitative estimate of drug-likeness (QED) is 0.0265. The van der Waals surface area contributed by atoms with Crippen molar-refractivity contribution in [3.8, 4) is 41.8 Å². The molecule has 1 saturated carbocycles. The first kappa shape index (κ1) is 101. The minimum Gasteiger partial charge on any atom is -0.391 e. The molecule has 0 radical (unpaired) electrons. The molecule has 7 aliphatic heterocycles. The highest BCUT2D eigenvalue weighted by Gasteiger charge is 2.43. The number of pyridine rings is 4. The Bertz CT molecular complexity index is 5660. The highest BCUT2D eigenvalue weighted by Crippen LogP contribution is 2.42. The summed E-state index contributed by atoms with van der Waals surface area (Å²) < 4.78 is 34.3. The summed E-state index contributed by atoms with van der Waals surface area (Å²) in [6.45, 7) is 39.4. The molecule has 0 bridgehead atoms. The maximum absolute atomic E-state index is 13.5. The van der Waals surface area contributed by atoms with Crippen LogP contribution in [0.15, 0.2) is 49.1 Å². The third-order valence-corrected chi connectivity index (χ3v) is 32.2. The first-order valence-corrected chi connectivity index (χ1v) is 52.7. The van der Waals surface area contributed by atoms with Crippen LogP contribution in [0.3, 0.4) is 0 Å². The summed E-state index contributed by atoms with van der Waals surface area (Å²) >= 11 is 4.95. The van der Waals surface area contributed by atoms with Gasteiger partial charge < -0.3 is 75.9 Å². The zero-order valence-corrected chi connectivity index (χ0v) is 84.4. The monoisotopic (exact) mass is 1930 g/mol. The van der Waals surface area contributed by atoms with Gasteiger partial charge in [-0.1, -0.05) is 20.8 Å². The molecule has 16 rings (SSSR count). The molecule has 8 amide bonds. The second kappa shape index (κ2) is 45.3. The van der Waals surface area contributed by atoms with Gasteiger partial charge in [0.25, 0.3) is 47.3 Å². The Morgan fingerprint density at radius 3 is 1.02 bits per heavy atom. The molecule has 0 spiro atoms. The lowest BCUT2D eigenvalue weighted by atomic mass is 9.89. The van der Waals surface area contributed by atoms with E-state index in [9.17, 15) is 51.9 Å². The van der Waals surface area contributed by atoms with Gasteiger partial charge in [-0.05, 0) is 233 Å². The third kappa shape index (κ3) is 24.3. The van der Waals surface area contributed by atoms with Crippen LogP contribution in [0.4, 0.5) is 23.3 Å². The van der Waals surface area contributed by atoms with E-state index in [4.69, 9.17) is 9.47 Å². The number of rotatable bonds is 26. The number of nitrogens with zero attached hydrogens (tertiary/aromatic N) is 14. The van der Waals surface area contributed by atoms with Crippen LogP contribution in [-0.4, -0.2) is 287 Å². The van der Waals surface area contributed by atoms with Crippen LogP contribution < -0.4 is 31.9 Å². The second-order valence-corrected chi connectivity index (χ2v) is 43.4. The Kier molecular flexibility index (Phi) is 34.2. The van der Waals surface area contributed by atoms with E-state index in [1.807, 2.05) is 99.3 Å². The number of amides is 8. The van der Waals surface area contributed by atoms with Crippen molar-refractivity contribution in [1.29, 1.82) is 0 Å². The Hall–Kier alpha value is -10.1. The summed E-state index contributed by atoms with van der Waals surface area (Å²) in [7, 11) is -3.20. The largest absolute Gasteiger partial charge is 0.391 e. The number of aliphatic hydroxyl groups excluding tert-OH is 1. The number of likely N-dealkylation sites (tertiary alicyclic amines) is 5. The van der Waals surface area contributed by atoms with Crippen molar-refractivity contribution in [3.63, 3.8) is 0 Å². The molecule has 0 aromatic carbocycles. The van der Waals surface area contributed by atoms with Crippen LogP contribution in [0.5, 0.6) is 0 Å². The lowest BCUT2D eigenvalue weighted by Gasteiger charge is -2.37. The summed E-state index contributed by atoms with van der Waals surface area (Å²) in [5.74, 6) is 1.54. The van der Waals surface area contributed by atoms with Gasteiger partial charge in [0, 0.05) is 173 Å². The lowest BCUT2D eigenvalue weighted by molar-refractivity contribution is 0.0302. The standard InChI is InChI=1S/C25H35N5O3S.C24H33N5O4S2.C24H33N5O3S.C23H31N5O3S/c1-5-16(3)27-20-13-15(2)19(14-26-20)22-21(25(32)30-10-6-7-17(30)4)29-24(34-22)23(31)28-18-8-11-33-12-9-18;1-6-15(3)26-19-10-14(2)18(11-25-19)21-20(23(30)29-9-7-8-16(29)4)27-22(34-21)24(31)28-12-17(13-28)35(5,32)33;1-5-16(3)26-19-13-15(2)18(14-25-19)21-20(23(30)29-8-6-7-17(29)4)27-22(33-21)24(31)28-9-11-32-12-10-28;1-12(2)25-18-10-13(3)15(11-24-18)20-19(23(31)28-9-5-6-14(28)4)27-22(32-20)21(30)26-16-7-8-17(16)29/h13-14,16-18H,5-12H2,1-4H3,(H,26,27)(H,28,31);10-11,15-17H,6-9,12-13H2,1-5H3,(H,25,26);13-14,16-17H,5-12H2,1-4H3,(H,25,26);10-12,14,16-17,29H,5-9H2,1-4H3,(H,24,25)(H,26,30)/t16-,17+;15-,16+;16-,17+;14-,16-,17+/m1110/s1. The number of carbonyl (C=O) groups excluding carboxylic acids is 8. The van der Waals surface area contributed by atoms with E-state index in [-0.39, 0.29) is 124 Å². The Morgan fingerprint density at radius 2 is 0.731 bits per heavy atom. The molecule has 8 aromatic rings. The van der Waals surface area contributed by atoms with Gasteiger partial charge in [0.1, 0.15) is 46.0 Å². The molecular weight excluding hydrogens is 1800 g/mol. The minimum absolute atomic E-state index is 0.0701. The van der Waals surface area contributed by atoms with Crippen LogP contribution in [0, 0.1) is 27.7 Å². The van der Waals surface area contributed by atoms with E-state index >= 15 is 0 Å². The molecule has 15 heterocycles. The van der Waals surface area contributed by atoms with Crippen molar-refractivity contribution in [2.75, 3.05) is 106 Å². The fraction of sp³-hybridized carbons (Fsp3) is 0.583. The molecule has 134 heavy (non-hydrogen) atoms. The number of aromatic nitrogens is 8. The van der Waals surface area contributed by atoms with E-state index < -0.39 is 21.2 Å². The van der Waals surface area contributed by atoms with E-state index in [0.717, 1.165) is 176 Å². The predicted molar refractivity (Wildman–Crippen MR) is 527 cm³/mol. The van der Waals surface area contributed by atoms with Gasteiger partial charge in [0.2, 0.25) is 0 Å². The topological polar surface area (TPSA) is 404 Å². The molecule has 8 fully saturated rings. The normalized spacial score (nSPS) is 20.4. The highest BCUT2D eigenvalue weighted by atomic mass is 32.2. The lowest BCUT2D eigenvalue weighted by Crippen LogP contribution is -2.56. The average Bonchev–Trinajstić information content (AvgIpc) is 1.50. The SMILES string of the molecule is CC[C@@H](C)Nc1cc(C)c(-c2sc(C(=O)N3CC(S(C)(=O)=O)C3)nc2C(=O)N2CCC[C@@H]2C)cn1.CC[C@@H](C)Nc1cc(C)c(-c2sc(C(=O)N3CCOCC3)nc2C(=O)N2CCC[C@@H]2C)cn1.CC[C@@H](C)Nc1cc(C)c(-c2sc(C(=O)NC3CCOCC3)nc2C(=O)N2CCC[C@@H]2C)cn1.Cc1cc(NC(C)C)ncc1-c1sc(C(=O)N[C@H]2CC[C@H]2O)nc1C(=O)N1CCC[C@@H]1C. The van der Waals surface area contributed by atoms with E-state index in [2.05, 4.69) is 127 Å². The zero-order valence-electron chi connectivity index (χ0n) is 80.3. The second-order valence-electron chi connectivity index (χ2n) is 37.1. The number of morpholine rings is 1. The van der Waals surface area contributed by atoms with Gasteiger partial charge in [-0.15, -0.1) is 45.3 Å². The molecule has 8 aliphatic rings. The summed E-state index contributed by atoms with van der Waals surface area (Å²) in [6, 6.07) is 9.48. The van der Waals surface area contributed by atoms with Crippen molar-refractivity contribution in [3.05, 3.63) is 114 Å². The first-order chi connectivity index (χ1) is 64.0. The zero-order chi connectivity index (χ0) is 96.3. The number of carbonyl (C=O) groups is 8. The Labute approximate surface area is 802 Å². The highest BCUT2D eigenvalue weighted by molar-refractivity contribution is 7.91. The van der Waals surface area contributed by atoms with Crippen molar-refractivity contribution in [2.24, 2.45) is 0 Å². The van der Waals surface area contributed by atoms with Crippen LogP contribution >= 0.6 is 45.3 Å². The number of ether oxygens (including phenoxy) is 2. The molecule has 7 saturated heterocycles. The van der Waals surface area contributed by atoms with Crippen molar-refractivity contribution < 1.29 is 61.4 Å². The molecule has 33 nitrogen and oxygen atoms in total. The van der Waals surface area contributed by atoms with Gasteiger partial charge in [-0.2, -0.15) is 0 Å². The number of hydrogen-bond acceptors (Lipinski definition) is 29. The molecule has 7 N–H and O–H groups in total. The Balaban J connectivity index is 0.000000152. The number of thiazole rings is 4. The maximum atomic E-state index is 13.5. The summed E-state index contributed by atoms with van der Waals surface area (Å²) in [6.07, 6.45) is 21.4. The molecule has 8 aromatic heterocycles. The van der Waals surface area contributed by atoms with Crippen LogP contribution in [0.1, 0.15) is 283 Å². The van der Waals surface area contributed by atoms with Gasteiger partial charge in [-0.25, -0.2) is 48.3 Å². The fourth-order valence-electron chi connectivity index (χ4n) is 17.2. The van der Waals surface area contributed by atoms with Gasteiger partial charge >= 0.3 is 0 Å². The number of sulfone groups is 1. The van der Waals surface area contributed by atoms with Crippen molar-refractivity contribution >= 4 is 126 Å². The molecule has 1 aliphatic carbocycles. The van der Waals surface area contributed by atoms with Gasteiger partial charge in [0.05, 0.1) is 50.1 Å².